The fraction of sp³-hybridized carbons (Fsp3) is 0.889. The lowest BCUT2D eigenvalue weighted by Gasteiger charge is -2.14. The van der Waals surface area contributed by atoms with Crippen molar-refractivity contribution in [1.29, 1.82) is 0 Å². The molecule has 4 heteroatoms. The van der Waals surface area contributed by atoms with Crippen LogP contribution in [0.1, 0.15) is 12.8 Å². The van der Waals surface area contributed by atoms with Crippen LogP contribution in [0.3, 0.4) is 0 Å². The lowest BCUT2D eigenvalue weighted by atomic mass is 10.1. The lowest BCUT2D eigenvalue weighted by Crippen LogP contribution is -2.28. The maximum atomic E-state index is 11.0. The third-order valence-electron chi connectivity index (χ3n) is 2.64. The molecule has 0 saturated carbocycles. The van der Waals surface area contributed by atoms with E-state index in [-0.39, 0.29) is 5.91 Å². The summed E-state index contributed by atoms with van der Waals surface area (Å²) < 4.78 is 0. The Labute approximate surface area is 79.5 Å². The molecule has 76 valence electrons. The van der Waals surface area contributed by atoms with E-state index >= 15 is 0 Å². The summed E-state index contributed by atoms with van der Waals surface area (Å²) >= 11 is 0. The Hall–Kier alpha value is -0.610. The third-order valence-corrected chi connectivity index (χ3v) is 2.64. The van der Waals surface area contributed by atoms with Gasteiger partial charge in [0.1, 0.15) is 0 Å². The Morgan fingerprint density at radius 2 is 2.46 bits per heavy atom. The highest BCUT2D eigenvalue weighted by Crippen LogP contribution is 2.14. The number of carbonyl (C=O) groups excluding carboxylic acids is 1. The van der Waals surface area contributed by atoms with E-state index in [0.29, 0.717) is 12.3 Å². The number of rotatable bonds is 4. The van der Waals surface area contributed by atoms with E-state index in [1.54, 1.807) is 7.05 Å². The Bertz CT molecular complexity index is 172. The van der Waals surface area contributed by atoms with E-state index in [4.69, 9.17) is 5.73 Å². The summed E-state index contributed by atoms with van der Waals surface area (Å²) in [4.78, 5) is 13.3. The Balaban J connectivity index is 2.13. The molecule has 1 atom stereocenters. The topological polar surface area (TPSA) is 58.4 Å². The van der Waals surface area contributed by atoms with Gasteiger partial charge in [-0.05, 0) is 25.4 Å². The van der Waals surface area contributed by atoms with Crippen LogP contribution in [0.15, 0.2) is 0 Å². The summed E-state index contributed by atoms with van der Waals surface area (Å²) in [6.45, 7) is 3.80. The number of carbonyl (C=O) groups is 1. The van der Waals surface area contributed by atoms with Crippen molar-refractivity contribution in [2.45, 2.75) is 12.8 Å². The monoisotopic (exact) mass is 185 g/mol. The maximum absolute atomic E-state index is 11.0. The highest BCUT2D eigenvalue weighted by atomic mass is 16.1. The number of nitrogens with two attached hydrogens (primary N) is 1. The molecule has 1 heterocycles. The molecule has 4 nitrogen and oxygen atoms in total. The molecule has 3 N–H and O–H groups in total. The van der Waals surface area contributed by atoms with Crippen LogP contribution >= 0.6 is 0 Å². The van der Waals surface area contributed by atoms with Crippen LogP contribution in [0.5, 0.6) is 0 Å². The Morgan fingerprint density at radius 1 is 1.69 bits per heavy atom. The summed E-state index contributed by atoms with van der Waals surface area (Å²) in [6.07, 6.45) is 1.79. The van der Waals surface area contributed by atoms with Gasteiger partial charge in [-0.15, -0.1) is 0 Å². The number of likely N-dealkylation sites (tertiary alicyclic amines) is 1. The molecule has 0 spiro atoms. The fourth-order valence-electron chi connectivity index (χ4n) is 1.69. The summed E-state index contributed by atoms with van der Waals surface area (Å²) in [7, 11) is 1.68. The SMILES string of the molecule is CNC(=O)CCN1CCC(CN)C1. The number of amides is 1. The molecule has 1 amide bonds. The zero-order chi connectivity index (χ0) is 9.68. The van der Waals surface area contributed by atoms with Gasteiger partial charge in [0.2, 0.25) is 5.91 Å². The fourth-order valence-corrected chi connectivity index (χ4v) is 1.69. The molecule has 0 aliphatic carbocycles. The second-order valence-corrected chi connectivity index (χ2v) is 3.61. The van der Waals surface area contributed by atoms with Gasteiger partial charge in [0, 0.05) is 26.6 Å². The molecule has 13 heavy (non-hydrogen) atoms. The quantitative estimate of drug-likeness (QED) is 0.615. The molecule has 0 aromatic carbocycles. The van der Waals surface area contributed by atoms with Crippen molar-refractivity contribution in [3.8, 4) is 0 Å². The number of nitrogens with one attached hydrogen (secondary N) is 1. The second kappa shape index (κ2) is 5.19. The van der Waals surface area contributed by atoms with Gasteiger partial charge in [0.25, 0.3) is 0 Å². The van der Waals surface area contributed by atoms with Gasteiger partial charge in [0.05, 0.1) is 0 Å². The molecule has 1 unspecified atom stereocenters. The second-order valence-electron chi connectivity index (χ2n) is 3.61. The third kappa shape index (κ3) is 3.32. The minimum Gasteiger partial charge on any atom is -0.359 e. The zero-order valence-electron chi connectivity index (χ0n) is 8.25. The van der Waals surface area contributed by atoms with Gasteiger partial charge in [-0.1, -0.05) is 0 Å². The first-order chi connectivity index (χ1) is 6.26. The van der Waals surface area contributed by atoms with E-state index in [0.717, 1.165) is 26.2 Å². The molecule has 1 fully saturated rings. The first-order valence-electron chi connectivity index (χ1n) is 4.89. The van der Waals surface area contributed by atoms with Gasteiger partial charge >= 0.3 is 0 Å². The standard InChI is InChI=1S/C9H19N3O/c1-11-9(13)3-5-12-4-2-8(6-10)7-12/h8H,2-7,10H2,1H3,(H,11,13). The van der Waals surface area contributed by atoms with Crippen molar-refractivity contribution < 1.29 is 4.79 Å². The van der Waals surface area contributed by atoms with E-state index in [1.165, 1.54) is 6.42 Å². The normalized spacial score (nSPS) is 23.4. The molecular formula is C9H19N3O. The predicted octanol–water partition coefficient (Wildman–Crippen LogP) is -0.597. The first kappa shape index (κ1) is 10.5. The van der Waals surface area contributed by atoms with Crippen LogP contribution in [-0.2, 0) is 4.79 Å². The van der Waals surface area contributed by atoms with Crippen molar-refractivity contribution >= 4 is 5.91 Å². The van der Waals surface area contributed by atoms with Crippen molar-refractivity contribution in [3.05, 3.63) is 0 Å². The Kier molecular flexibility index (Phi) is 4.18. The van der Waals surface area contributed by atoms with Crippen molar-refractivity contribution in [3.63, 3.8) is 0 Å². The average Bonchev–Trinajstić information content (AvgIpc) is 2.61. The predicted molar refractivity (Wildman–Crippen MR) is 52.3 cm³/mol. The summed E-state index contributed by atoms with van der Waals surface area (Å²) in [6, 6.07) is 0. The number of hydrogen-bond acceptors (Lipinski definition) is 3. The van der Waals surface area contributed by atoms with E-state index in [2.05, 4.69) is 10.2 Å². The highest BCUT2D eigenvalue weighted by Gasteiger charge is 2.20. The van der Waals surface area contributed by atoms with Crippen LogP contribution in [0.25, 0.3) is 0 Å². The largest absolute Gasteiger partial charge is 0.359 e. The van der Waals surface area contributed by atoms with Gasteiger partial charge < -0.3 is 16.0 Å². The minimum atomic E-state index is 0.121. The van der Waals surface area contributed by atoms with Crippen molar-refractivity contribution in [2.24, 2.45) is 11.7 Å². The zero-order valence-corrected chi connectivity index (χ0v) is 8.25. The van der Waals surface area contributed by atoms with Crippen molar-refractivity contribution in [2.75, 3.05) is 33.2 Å². The van der Waals surface area contributed by atoms with E-state index < -0.39 is 0 Å². The minimum absolute atomic E-state index is 0.121. The molecular weight excluding hydrogens is 166 g/mol. The molecule has 1 aliphatic heterocycles. The first-order valence-corrected chi connectivity index (χ1v) is 4.89. The maximum Gasteiger partial charge on any atom is 0.221 e. The summed E-state index contributed by atoms with van der Waals surface area (Å²) in [5.41, 5.74) is 5.57. The summed E-state index contributed by atoms with van der Waals surface area (Å²) in [5, 5.41) is 2.62. The van der Waals surface area contributed by atoms with Gasteiger partial charge in [-0.3, -0.25) is 4.79 Å². The molecule has 1 saturated heterocycles. The van der Waals surface area contributed by atoms with Crippen molar-refractivity contribution in [1.82, 2.24) is 10.2 Å². The van der Waals surface area contributed by atoms with Crippen LogP contribution in [0.2, 0.25) is 0 Å². The van der Waals surface area contributed by atoms with Crippen LogP contribution in [-0.4, -0.2) is 44.0 Å². The molecule has 0 radical (unpaired) electrons. The average molecular weight is 185 g/mol. The van der Waals surface area contributed by atoms with Gasteiger partial charge in [-0.2, -0.15) is 0 Å². The molecule has 0 aromatic heterocycles. The van der Waals surface area contributed by atoms with Gasteiger partial charge in [0.15, 0.2) is 0 Å². The van der Waals surface area contributed by atoms with E-state index in [9.17, 15) is 4.79 Å². The van der Waals surface area contributed by atoms with Crippen LogP contribution in [0.4, 0.5) is 0 Å². The van der Waals surface area contributed by atoms with E-state index in [1.807, 2.05) is 0 Å². The molecule has 0 bridgehead atoms. The van der Waals surface area contributed by atoms with Gasteiger partial charge in [-0.25, -0.2) is 0 Å². The lowest BCUT2D eigenvalue weighted by molar-refractivity contribution is -0.120. The highest BCUT2D eigenvalue weighted by molar-refractivity contribution is 5.75. The van der Waals surface area contributed by atoms with Crippen LogP contribution < -0.4 is 11.1 Å². The summed E-state index contributed by atoms with van der Waals surface area (Å²) in [5.74, 6) is 0.765. The number of hydrogen-bond donors (Lipinski definition) is 2. The molecule has 1 aliphatic rings. The number of nitrogens with zero attached hydrogens (tertiary/aromatic N) is 1. The van der Waals surface area contributed by atoms with Crippen LogP contribution in [0, 0.1) is 5.92 Å². The smallest absolute Gasteiger partial charge is 0.221 e. The Morgan fingerprint density at radius 3 is 3.00 bits per heavy atom. The molecule has 0 aromatic rings. The molecule has 1 rings (SSSR count).